The van der Waals surface area contributed by atoms with Crippen molar-refractivity contribution in [2.75, 3.05) is 12.5 Å². The van der Waals surface area contributed by atoms with Crippen molar-refractivity contribution in [3.8, 4) is 17.2 Å². The predicted molar refractivity (Wildman–Crippen MR) is 84.3 cm³/mol. The molecule has 8 heteroatoms. The van der Waals surface area contributed by atoms with E-state index in [1.165, 1.54) is 18.2 Å². The zero-order valence-corrected chi connectivity index (χ0v) is 12.2. The third-order valence-electron chi connectivity index (χ3n) is 3.51. The highest BCUT2D eigenvalue weighted by Gasteiger charge is 2.16. The van der Waals surface area contributed by atoms with E-state index in [1.807, 2.05) is 0 Å². The summed E-state index contributed by atoms with van der Waals surface area (Å²) in [7, 11) is 0. The zero-order valence-electron chi connectivity index (χ0n) is 12.2. The summed E-state index contributed by atoms with van der Waals surface area (Å²) in [6.07, 6.45) is 0. The molecule has 0 saturated carbocycles. The Morgan fingerprint density at radius 2 is 2.00 bits per heavy atom. The first-order valence-corrected chi connectivity index (χ1v) is 7.01. The van der Waals surface area contributed by atoms with Gasteiger partial charge in [0.15, 0.2) is 11.5 Å². The molecule has 1 aliphatic rings. The second-order valence-electron chi connectivity index (χ2n) is 5.09. The molecule has 120 valence electrons. The van der Waals surface area contributed by atoms with Gasteiger partial charge in [0, 0.05) is 6.07 Å². The lowest BCUT2D eigenvalue weighted by Gasteiger charge is -2.06. The lowest BCUT2D eigenvalue weighted by Crippen LogP contribution is -2.13. The molecule has 1 aliphatic heterocycles. The van der Waals surface area contributed by atoms with Crippen molar-refractivity contribution in [3.63, 3.8) is 0 Å². The second kappa shape index (κ2) is 5.27. The number of fused-ring (bicyclic) bond motifs is 2. The lowest BCUT2D eigenvalue weighted by molar-refractivity contribution is 0.0734. The Hall–Kier alpha value is -3.55. The fourth-order valence-corrected chi connectivity index (χ4v) is 2.39. The Balaban J connectivity index is 1.65. The van der Waals surface area contributed by atoms with Gasteiger partial charge >= 0.3 is 5.97 Å². The number of esters is 1. The summed E-state index contributed by atoms with van der Waals surface area (Å²) in [6, 6.07) is 9.29. The van der Waals surface area contributed by atoms with Gasteiger partial charge in [0.25, 0.3) is 5.56 Å². The minimum atomic E-state index is -0.605. The average molecular weight is 325 g/mol. The number of benzene rings is 2. The fraction of sp³-hybridized carbons (Fsp3) is 0.0625. The van der Waals surface area contributed by atoms with E-state index in [4.69, 9.17) is 19.9 Å². The number of ether oxygens (including phenoxy) is 3. The normalized spacial score (nSPS) is 12.3. The molecule has 0 aliphatic carbocycles. The number of nitrogens with two attached hydrogens (primary N) is 1. The van der Waals surface area contributed by atoms with E-state index < -0.39 is 11.5 Å². The van der Waals surface area contributed by atoms with E-state index in [0.29, 0.717) is 22.8 Å². The Bertz CT molecular complexity index is 1030. The molecule has 3 aromatic rings. The standard InChI is InChI=1S/C16H11N3O5/c17-16-18-11-3-1-8(5-10(11)14(20)19-16)15(21)24-9-2-4-12-13(6-9)23-7-22-12/h1-6H,7H2,(H3,17,18,19,20). The Kier molecular flexibility index (Phi) is 3.09. The maximum absolute atomic E-state index is 12.3. The molecule has 2 heterocycles. The van der Waals surface area contributed by atoms with Crippen molar-refractivity contribution in [1.29, 1.82) is 0 Å². The average Bonchev–Trinajstić information content (AvgIpc) is 3.02. The van der Waals surface area contributed by atoms with Gasteiger partial charge in [-0.05, 0) is 30.3 Å². The van der Waals surface area contributed by atoms with Crippen molar-refractivity contribution < 1.29 is 19.0 Å². The maximum Gasteiger partial charge on any atom is 0.343 e. The van der Waals surface area contributed by atoms with Crippen LogP contribution in [0.5, 0.6) is 17.2 Å². The molecule has 0 saturated heterocycles. The van der Waals surface area contributed by atoms with Crippen LogP contribution in [0.3, 0.4) is 0 Å². The van der Waals surface area contributed by atoms with Gasteiger partial charge in [-0.15, -0.1) is 0 Å². The first kappa shape index (κ1) is 14.1. The molecule has 0 spiro atoms. The number of nitrogen functional groups attached to an aromatic ring is 1. The number of anilines is 1. The molecule has 0 radical (unpaired) electrons. The molecule has 0 amide bonds. The van der Waals surface area contributed by atoms with E-state index in [2.05, 4.69) is 9.97 Å². The van der Waals surface area contributed by atoms with Gasteiger partial charge in [-0.25, -0.2) is 9.78 Å². The second-order valence-corrected chi connectivity index (χ2v) is 5.09. The van der Waals surface area contributed by atoms with Crippen LogP contribution in [0.4, 0.5) is 5.95 Å². The van der Waals surface area contributed by atoms with Crippen molar-refractivity contribution in [2.24, 2.45) is 0 Å². The van der Waals surface area contributed by atoms with Crippen molar-refractivity contribution in [3.05, 3.63) is 52.3 Å². The van der Waals surface area contributed by atoms with Gasteiger partial charge in [0.05, 0.1) is 16.5 Å². The SMILES string of the molecule is Nc1nc2ccc(C(=O)Oc3ccc4c(c3)OCO4)cc2c(=O)[nH]1. The van der Waals surface area contributed by atoms with E-state index in [0.717, 1.165) is 0 Å². The Labute approximate surface area is 134 Å². The number of H-pyrrole nitrogens is 1. The number of rotatable bonds is 2. The van der Waals surface area contributed by atoms with E-state index in [-0.39, 0.29) is 23.7 Å². The molecule has 0 atom stereocenters. The third kappa shape index (κ3) is 2.39. The number of aromatic nitrogens is 2. The number of carbonyl (C=O) groups is 1. The summed E-state index contributed by atoms with van der Waals surface area (Å²) in [6.45, 7) is 0.135. The van der Waals surface area contributed by atoms with Crippen molar-refractivity contribution in [2.45, 2.75) is 0 Å². The molecular weight excluding hydrogens is 314 g/mol. The van der Waals surface area contributed by atoms with E-state index in [9.17, 15) is 9.59 Å². The number of carbonyl (C=O) groups excluding carboxylic acids is 1. The third-order valence-corrected chi connectivity index (χ3v) is 3.51. The molecule has 2 aromatic carbocycles. The molecule has 1 aromatic heterocycles. The van der Waals surface area contributed by atoms with E-state index >= 15 is 0 Å². The Morgan fingerprint density at radius 1 is 1.17 bits per heavy atom. The van der Waals surface area contributed by atoms with Gasteiger partial charge in [-0.1, -0.05) is 0 Å². The number of aromatic amines is 1. The molecule has 0 unspecified atom stereocenters. The summed E-state index contributed by atoms with van der Waals surface area (Å²) in [5.41, 5.74) is 5.69. The number of nitrogens with one attached hydrogen (secondary N) is 1. The van der Waals surface area contributed by atoms with Crippen LogP contribution in [-0.2, 0) is 0 Å². The monoisotopic (exact) mass is 325 g/mol. The number of nitrogens with zero attached hydrogens (tertiary/aromatic N) is 1. The van der Waals surface area contributed by atoms with Crippen LogP contribution in [0, 0.1) is 0 Å². The van der Waals surface area contributed by atoms with Crippen LogP contribution >= 0.6 is 0 Å². The number of hydrogen-bond acceptors (Lipinski definition) is 7. The topological polar surface area (TPSA) is 117 Å². The van der Waals surface area contributed by atoms with Gasteiger partial charge in [-0.2, -0.15) is 0 Å². The smallest absolute Gasteiger partial charge is 0.343 e. The van der Waals surface area contributed by atoms with Crippen LogP contribution in [-0.4, -0.2) is 22.7 Å². The highest BCUT2D eigenvalue weighted by Crippen LogP contribution is 2.35. The van der Waals surface area contributed by atoms with Gasteiger partial charge in [-0.3, -0.25) is 9.78 Å². The summed E-state index contributed by atoms with van der Waals surface area (Å²) < 4.78 is 15.7. The lowest BCUT2D eigenvalue weighted by atomic mass is 10.1. The van der Waals surface area contributed by atoms with Gasteiger partial charge in [0.1, 0.15) is 5.75 Å². The Morgan fingerprint density at radius 3 is 2.88 bits per heavy atom. The van der Waals surface area contributed by atoms with Crippen LogP contribution in [0.25, 0.3) is 10.9 Å². The minimum absolute atomic E-state index is 0.0168. The molecule has 0 fully saturated rings. The summed E-state index contributed by atoms with van der Waals surface area (Å²) >= 11 is 0. The molecule has 0 bridgehead atoms. The summed E-state index contributed by atoms with van der Waals surface area (Å²) in [4.78, 5) is 30.6. The maximum atomic E-state index is 12.3. The molecule has 24 heavy (non-hydrogen) atoms. The zero-order chi connectivity index (χ0) is 16.7. The van der Waals surface area contributed by atoms with E-state index in [1.54, 1.807) is 18.2 Å². The molecule has 8 nitrogen and oxygen atoms in total. The van der Waals surface area contributed by atoms with Crippen molar-refractivity contribution in [1.82, 2.24) is 9.97 Å². The molecular formula is C16H11N3O5. The highest BCUT2D eigenvalue weighted by atomic mass is 16.7. The first-order chi connectivity index (χ1) is 11.6. The van der Waals surface area contributed by atoms with Crippen LogP contribution in [0.2, 0.25) is 0 Å². The largest absolute Gasteiger partial charge is 0.454 e. The summed E-state index contributed by atoms with van der Waals surface area (Å²) in [5.74, 6) is 0.828. The van der Waals surface area contributed by atoms with Crippen LogP contribution < -0.4 is 25.5 Å². The molecule has 3 N–H and O–H groups in total. The van der Waals surface area contributed by atoms with Gasteiger partial charge in [0.2, 0.25) is 12.7 Å². The number of hydrogen-bond donors (Lipinski definition) is 2. The quantitative estimate of drug-likeness (QED) is 0.541. The van der Waals surface area contributed by atoms with Gasteiger partial charge < -0.3 is 19.9 Å². The molecule has 4 rings (SSSR count). The fourth-order valence-electron chi connectivity index (χ4n) is 2.39. The van der Waals surface area contributed by atoms with Crippen LogP contribution in [0.1, 0.15) is 10.4 Å². The minimum Gasteiger partial charge on any atom is -0.454 e. The van der Waals surface area contributed by atoms with Crippen LogP contribution in [0.15, 0.2) is 41.2 Å². The predicted octanol–water partition coefficient (Wildman–Crippen LogP) is 1.45. The van der Waals surface area contributed by atoms with Crippen molar-refractivity contribution >= 4 is 22.8 Å². The first-order valence-electron chi connectivity index (χ1n) is 7.01. The highest BCUT2D eigenvalue weighted by molar-refractivity contribution is 5.95. The summed E-state index contributed by atoms with van der Waals surface area (Å²) in [5, 5.41) is 0.254.